The van der Waals surface area contributed by atoms with E-state index in [9.17, 15) is 0 Å². The Balaban J connectivity index is 1.04. The minimum absolute atomic E-state index is 1.09. The van der Waals surface area contributed by atoms with Crippen LogP contribution in [0.25, 0.3) is 73.7 Å². The molecular formula is C60H40N2S2. The van der Waals surface area contributed by atoms with Crippen LogP contribution in [0, 0.1) is 0 Å². The van der Waals surface area contributed by atoms with Crippen LogP contribution in [0.5, 0.6) is 0 Å². The van der Waals surface area contributed by atoms with Crippen molar-refractivity contribution < 1.29 is 0 Å². The van der Waals surface area contributed by atoms with Gasteiger partial charge in [-0.05, 0) is 112 Å². The molecule has 0 aliphatic heterocycles. The van der Waals surface area contributed by atoms with E-state index >= 15 is 0 Å². The summed E-state index contributed by atoms with van der Waals surface area (Å²) in [5.41, 5.74) is 13.9. The van der Waals surface area contributed by atoms with Crippen LogP contribution in [0.3, 0.4) is 0 Å². The lowest BCUT2D eigenvalue weighted by Gasteiger charge is -2.30. The van der Waals surface area contributed by atoms with Gasteiger partial charge in [0.2, 0.25) is 0 Å². The van der Waals surface area contributed by atoms with Gasteiger partial charge in [-0.2, -0.15) is 0 Å². The maximum atomic E-state index is 2.43. The molecule has 0 saturated carbocycles. The number of benzene rings is 10. The fraction of sp³-hybridized carbons (Fsp3) is 0. The Bertz CT molecular complexity index is 3540. The van der Waals surface area contributed by atoms with Gasteiger partial charge in [-0.3, -0.25) is 0 Å². The zero-order valence-corrected chi connectivity index (χ0v) is 36.4. The highest BCUT2D eigenvalue weighted by Gasteiger charge is 2.23. The van der Waals surface area contributed by atoms with Gasteiger partial charge in [0, 0.05) is 64.1 Å². The second kappa shape index (κ2) is 16.2. The number of para-hydroxylation sites is 3. The van der Waals surface area contributed by atoms with Crippen molar-refractivity contribution in [3.05, 3.63) is 243 Å². The molecule has 12 rings (SSSR count). The number of hydrogen-bond donors (Lipinski definition) is 0. The Morgan fingerprint density at radius 2 is 0.734 bits per heavy atom. The summed E-state index contributed by atoms with van der Waals surface area (Å²) in [5, 5.41) is 5.12. The molecule has 0 N–H and O–H groups in total. The van der Waals surface area contributed by atoms with Gasteiger partial charge in [0.25, 0.3) is 0 Å². The largest absolute Gasteiger partial charge is 0.310 e. The van der Waals surface area contributed by atoms with Crippen molar-refractivity contribution in [3.8, 4) is 33.4 Å². The van der Waals surface area contributed by atoms with Crippen LogP contribution in [0.4, 0.5) is 34.1 Å². The van der Waals surface area contributed by atoms with Gasteiger partial charge in [-0.15, -0.1) is 22.7 Å². The van der Waals surface area contributed by atoms with E-state index < -0.39 is 0 Å². The van der Waals surface area contributed by atoms with Crippen molar-refractivity contribution in [2.45, 2.75) is 0 Å². The summed E-state index contributed by atoms with van der Waals surface area (Å²) in [6, 6.07) is 88.2. The maximum Gasteiger partial charge on any atom is 0.0661 e. The van der Waals surface area contributed by atoms with Crippen LogP contribution in [0.15, 0.2) is 243 Å². The van der Waals surface area contributed by atoms with E-state index in [4.69, 9.17) is 0 Å². The van der Waals surface area contributed by atoms with Gasteiger partial charge in [0.1, 0.15) is 0 Å². The molecule has 2 heterocycles. The highest BCUT2D eigenvalue weighted by atomic mass is 32.1. The van der Waals surface area contributed by atoms with Gasteiger partial charge in [-0.25, -0.2) is 0 Å². The Morgan fingerprint density at radius 1 is 0.250 bits per heavy atom. The third kappa shape index (κ3) is 6.81. The van der Waals surface area contributed by atoms with E-state index in [0.717, 1.165) is 34.1 Å². The van der Waals surface area contributed by atoms with Crippen molar-refractivity contribution in [3.63, 3.8) is 0 Å². The molecule has 0 bridgehead atoms. The standard InChI is InChI=1S/C60H40N2S2/c1-5-16-41(17-6-1)42-32-35-49(36-33-42)62(48-22-11-4-12-23-48)56-40-50(61(46-18-7-2-8-19-46)47-20-9-3-10-21-47)39-55-54-38-45(34-37-58(54)64-60(55)56)43-28-30-44(31-29-43)51-25-15-26-53-52-24-13-14-27-57(52)63-59(51)53/h1-40H. The van der Waals surface area contributed by atoms with E-state index in [1.54, 1.807) is 0 Å². The Hall–Kier alpha value is -7.76. The molecule has 2 nitrogen and oxygen atoms in total. The normalized spacial score (nSPS) is 11.4. The number of nitrogens with zero attached hydrogens (tertiary/aromatic N) is 2. The van der Waals surface area contributed by atoms with Crippen LogP contribution < -0.4 is 9.80 Å². The Morgan fingerprint density at radius 3 is 1.42 bits per heavy atom. The van der Waals surface area contributed by atoms with Gasteiger partial charge >= 0.3 is 0 Å². The fourth-order valence-corrected chi connectivity index (χ4v) is 11.6. The zero-order chi connectivity index (χ0) is 42.4. The SMILES string of the molecule is c1ccc(-c2ccc(N(c3ccccc3)c3cc(N(c4ccccc4)c4ccccc4)cc4c3sc3ccc(-c5ccc(-c6cccc7c6sc6ccccc67)cc5)cc34)cc2)cc1. The van der Waals surface area contributed by atoms with Crippen LogP contribution in [0.1, 0.15) is 0 Å². The molecule has 0 fully saturated rings. The quantitative estimate of drug-likeness (QED) is 0.143. The molecule has 0 unspecified atom stereocenters. The highest BCUT2D eigenvalue weighted by molar-refractivity contribution is 7.26. The molecule has 0 radical (unpaired) electrons. The predicted molar refractivity (Wildman–Crippen MR) is 278 cm³/mol. The second-order valence-electron chi connectivity index (χ2n) is 16.1. The maximum absolute atomic E-state index is 2.43. The van der Waals surface area contributed by atoms with Crippen LogP contribution in [0.2, 0.25) is 0 Å². The minimum Gasteiger partial charge on any atom is -0.310 e. The fourth-order valence-electron chi connectivity index (χ4n) is 9.18. The molecular weight excluding hydrogens is 813 g/mol. The molecule has 12 aromatic rings. The highest BCUT2D eigenvalue weighted by Crippen LogP contribution is 2.50. The summed E-state index contributed by atoms with van der Waals surface area (Å²) in [6.45, 7) is 0. The first kappa shape index (κ1) is 38.0. The van der Waals surface area contributed by atoms with Gasteiger partial charge in [0.15, 0.2) is 0 Å². The van der Waals surface area contributed by atoms with Crippen molar-refractivity contribution in [1.82, 2.24) is 0 Å². The average Bonchev–Trinajstić information content (AvgIpc) is 3.94. The van der Waals surface area contributed by atoms with Crippen LogP contribution in [-0.4, -0.2) is 0 Å². The molecule has 0 saturated heterocycles. The van der Waals surface area contributed by atoms with Crippen molar-refractivity contribution in [2.75, 3.05) is 9.80 Å². The van der Waals surface area contributed by atoms with Gasteiger partial charge in [-0.1, -0.05) is 164 Å². The topological polar surface area (TPSA) is 6.48 Å². The third-order valence-electron chi connectivity index (χ3n) is 12.2. The lowest BCUT2D eigenvalue weighted by atomic mass is 9.98. The molecule has 0 aliphatic rings. The monoisotopic (exact) mass is 852 g/mol. The number of rotatable bonds is 9. The lowest BCUT2D eigenvalue weighted by molar-refractivity contribution is 1.26. The smallest absolute Gasteiger partial charge is 0.0661 e. The van der Waals surface area contributed by atoms with Crippen LogP contribution >= 0.6 is 22.7 Å². The first-order chi connectivity index (χ1) is 31.7. The molecule has 10 aromatic carbocycles. The number of hydrogen-bond acceptors (Lipinski definition) is 4. The number of thiophene rings is 2. The number of fused-ring (bicyclic) bond motifs is 6. The van der Waals surface area contributed by atoms with Crippen LogP contribution in [-0.2, 0) is 0 Å². The first-order valence-corrected chi connectivity index (χ1v) is 23.3. The average molecular weight is 853 g/mol. The second-order valence-corrected chi connectivity index (χ2v) is 18.2. The van der Waals surface area contributed by atoms with E-state index in [0.29, 0.717) is 0 Å². The van der Waals surface area contributed by atoms with Gasteiger partial charge < -0.3 is 9.80 Å². The molecule has 4 heteroatoms. The molecule has 64 heavy (non-hydrogen) atoms. The van der Waals surface area contributed by atoms with E-state index in [1.165, 1.54) is 73.7 Å². The summed E-state index contributed by atoms with van der Waals surface area (Å²) >= 11 is 3.75. The summed E-state index contributed by atoms with van der Waals surface area (Å²) < 4.78 is 5.15. The third-order valence-corrected chi connectivity index (χ3v) is 14.7. The van der Waals surface area contributed by atoms with Crippen molar-refractivity contribution in [2.24, 2.45) is 0 Å². The molecule has 2 aromatic heterocycles. The molecule has 0 spiro atoms. The Labute approximate surface area is 380 Å². The molecule has 302 valence electrons. The van der Waals surface area contributed by atoms with Crippen molar-refractivity contribution >= 4 is 97.1 Å². The minimum atomic E-state index is 1.09. The molecule has 0 aliphatic carbocycles. The summed E-state index contributed by atoms with van der Waals surface area (Å²) in [5.74, 6) is 0. The van der Waals surface area contributed by atoms with E-state index in [-0.39, 0.29) is 0 Å². The Kier molecular flexibility index (Phi) is 9.59. The number of anilines is 6. The summed E-state index contributed by atoms with van der Waals surface area (Å²) in [6.07, 6.45) is 0. The van der Waals surface area contributed by atoms with E-state index in [2.05, 4.69) is 252 Å². The van der Waals surface area contributed by atoms with Gasteiger partial charge in [0.05, 0.1) is 10.4 Å². The predicted octanol–water partition coefficient (Wildman–Crippen LogP) is 18.4. The molecule has 0 atom stereocenters. The zero-order valence-electron chi connectivity index (χ0n) is 34.8. The van der Waals surface area contributed by atoms with E-state index in [1.807, 2.05) is 22.7 Å². The first-order valence-electron chi connectivity index (χ1n) is 21.7. The lowest BCUT2D eigenvalue weighted by Crippen LogP contribution is -2.13. The summed E-state index contributed by atoms with van der Waals surface area (Å²) in [7, 11) is 0. The molecule has 0 amide bonds. The van der Waals surface area contributed by atoms with Crippen molar-refractivity contribution in [1.29, 1.82) is 0 Å². The summed E-state index contributed by atoms with van der Waals surface area (Å²) in [4.78, 5) is 4.81.